The van der Waals surface area contributed by atoms with Crippen LogP contribution in [0.3, 0.4) is 0 Å². The van der Waals surface area contributed by atoms with Gasteiger partial charge in [0.1, 0.15) is 0 Å². The Kier molecular flexibility index (Phi) is 3.86. The van der Waals surface area contributed by atoms with Gasteiger partial charge in [0.25, 0.3) is 10.0 Å². The summed E-state index contributed by atoms with van der Waals surface area (Å²) in [5.41, 5.74) is 0.432. The van der Waals surface area contributed by atoms with Crippen LogP contribution in [-0.2, 0) is 16.6 Å². The Balaban J connectivity index is 1.78. The molecule has 2 aromatic rings. The lowest BCUT2D eigenvalue weighted by Crippen LogP contribution is -2.12. The molecule has 0 amide bonds. The van der Waals surface area contributed by atoms with Crippen molar-refractivity contribution in [3.8, 4) is 0 Å². The van der Waals surface area contributed by atoms with E-state index in [9.17, 15) is 8.42 Å². The van der Waals surface area contributed by atoms with Crippen LogP contribution in [0.4, 0.5) is 5.69 Å². The summed E-state index contributed by atoms with van der Waals surface area (Å²) < 4.78 is 28.8. The maximum atomic E-state index is 12.3. The van der Waals surface area contributed by atoms with Crippen LogP contribution >= 0.6 is 23.2 Å². The molecule has 1 N–H and O–H groups in total. The van der Waals surface area contributed by atoms with Gasteiger partial charge in [0, 0.05) is 12.7 Å². The van der Waals surface area contributed by atoms with Crippen LogP contribution in [0.25, 0.3) is 0 Å². The summed E-state index contributed by atoms with van der Waals surface area (Å²) >= 11 is 11.6. The molecular formula is C13H13Cl2N3O2S. The van der Waals surface area contributed by atoms with Gasteiger partial charge in [-0.15, -0.1) is 0 Å². The summed E-state index contributed by atoms with van der Waals surface area (Å²) in [5, 5.41) is 4.66. The smallest absolute Gasteiger partial charge is 0.262 e. The summed E-state index contributed by atoms with van der Waals surface area (Å²) in [6, 6.07) is 4.18. The number of benzene rings is 1. The van der Waals surface area contributed by atoms with E-state index < -0.39 is 10.0 Å². The van der Waals surface area contributed by atoms with Gasteiger partial charge in [0.2, 0.25) is 0 Å². The van der Waals surface area contributed by atoms with Crippen LogP contribution < -0.4 is 4.72 Å². The second-order valence-corrected chi connectivity index (χ2v) is 7.57. The van der Waals surface area contributed by atoms with E-state index in [4.69, 9.17) is 23.2 Å². The second kappa shape index (κ2) is 5.51. The zero-order chi connectivity index (χ0) is 15.0. The minimum absolute atomic E-state index is 0.0619. The van der Waals surface area contributed by atoms with Crippen molar-refractivity contribution >= 4 is 38.9 Å². The van der Waals surface area contributed by atoms with Gasteiger partial charge in [0.05, 0.1) is 26.8 Å². The van der Waals surface area contributed by atoms with E-state index in [-0.39, 0.29) is 9.92 Å². The third kappa shape index (κ3) is 3.51. The van der Waals surface area contributed by atoms with Crippen molar-refractivity contribution in [1.29, 1.82) is 0 Å². The molecule has 1 saturated carbocycles. The number of anilines is 1. The highest BCUT2D eigenvalue weighted by Gasteiger charge is 2.22. The lowest BCUT2D eigenvalue weighted by atomic mass is 10.4. The fraction of sp³-hybridized carbons (Fsp3) is 0.308. The van der Waals surface area contributed by atoms with Crippen molar-refractivity contribution in [2.45, 2.75) is 24.3 Å². The molecule has 112 valence electrons. The van der Waals surface area contributed by atoms with Crippen LogP contribution in [0.15, 0.2) is 35.5 Å². The molecule has 1 aliphatic rings. The predicted molar refractivity (Wildman–Crippen MR) is 82.2 cm³/mol. The summed E-state index contributed by atoms with van der Waals surface area (Å²) in [5.74, 6) is 0.671. The molecule has 21 heavy (non-hydrogen) atoms. The molecule has 1 heterocycles. The standard InChI is InChI=1S/C13H13Cl2N3O2S/c14-12-4-3-11(5-13(12)15)21(19,20)17-10-6-16-18(8-10)7-9-1-2-9/h3-6,8-9,17H,1-2,7H2. The quantitative estimate of drug-likeness (QED) is 0.902. The Morgan fingerprint density at radius 3 is 2.71 bits per heavy atom. The molecule has 1 aliphatic carbocycles. The Labute approximate surface area is 132 Å². The molecule has 8 heteroatoms. The maximum Gasteiger partial charge on any atom is 0.262 e. The van der Waals surface area contributed by atoms with Crippen molar-refractivity contribution in [2.24, 2.45) is 5.92 Å². The Morgan fingerprint density at radius 1 is 1.29 bits per heavy atom. The number of sulfonamides is 1. The van der Waals surface area contributed by atoms with E-state index in [1.165, 1.54) is 37.2 Å². The molecule has 0 aliphatic heterocycles. The van der Waals surface area contributed by atoms with Crippen molar-refractivity contribution in [2.75, 3.05) is 4.72 Å². The number of nitrogens with zero attached hydrogens (tertiary/aromatic N) is 2. The van der Waals surface area contributed by atoms with Gasteiger partial charge in [-0.2, -0.15) is 5.10 Å². The number of rotatable bonds is 5. The van der Waals surface area contributed by atoms with Gasteiger partial charge in [-0.3, -0.25) is 9.40 Å². The normalized spacial score (nSPS) is 15.1. The monoisotopic (exact) mass is 345 g/mol. The molecule has 1 fully saturated rings. The van der Waals surface area contributed by atoms with Gasteiger partial charge in [-0.25, -0.2) is 8.42 Å². The van der Waals surface area contributed by atoms with Crippen molar-refractivity contribution < 1.29 is 8.42 Å². The Hall–Kier alpha value is -1.24. The molecular weight excluding hydrogens is 333 g/mol. The number of aromatic nitrogens is 2. The van der Waals surface area contributed by atoms with Gasteiger partial charge in [-0.1, -0.05) is 23.2 Å². The largest absolute Gasteiger partial charge is 0.276 e. The van der Waals surface area contributed by atoms with E-state index in [0.717, 1.165) is 6.54 Å². The molecule has 5 nitrogen and oxygen atoms in total. The van der Waals surface area contributed by atoms with Crippen LogP contribution in [0.2, 0.25) is 10.0 Å². The SMILES string of the molecule is O=S(=O)(Nc1cnn(CC2CC2)c1)c1ccc(Cl)c(Cl)c1. The van der Waals surface area contributed by atoms with E-state index >= 15 is 0 Å². The van der Waals surface area contributed by atoms with E-state index in [1.807, 2.05) is 0 Å². The molecule has 0 unspecified atom stereocenters. The number of halogens is 2. The van der Waals surface area contributed by atoms with E-state index in [1.54, 1.807) is 10.9 Å². The zero-order valence-corrected chi connectivity index (χ0v) is 13.3. The van der Waals surface area contributed by atoms with Crippen LogP contribution in [-0.4, -0.2) is 18.2 Å². The topological polar surface area (TPSA) is 64.0 Å². The molecule has 0 saturated heterocycles. The first-order chi connectivity index (χ1) is 9.94. The van der Waals surface area contributed by atoms with Crippen molar-refractivity contribution in [3.05, 3.63) is 40.6 Å². The first-order valence-corrected chi connectivity index (χ1v) is 8.68. The van der Waals surface area contributed by atoms with Gasteiger partial charge in [-0.05, 0) is 37.0 Å². The Bertz CT molecular complexity index is 769. The fourth-order valence-corrected chi connectivity index (χ4v) is 3.36. The molecule has 0 atom stereocenters. The highest BCUT2D eigenvalue weighted by molar-refractivity contribution is 7.92. The lowest BCUT2D eigenvalue weighted by Gasteiger charge is -2.06. The van der Waals surface area contributed by atoms with Crippen LogP contribution in [0.1, 0.15) is 12.8 Å². The van der Waals surface area contributed by atoms with Gasteiger partial charge < -0.3 is 0 Å². The number of nitrogens with one attached hydrogen (secondary N) is 1. The van der Waals surface area contributed by atoms with Crippen LogP contribution in [0.5, 0.6) is 0 Å². The highest BCUT2D eigenvalue weighted by Crippen LogP contribution is 2.30. The maximum absolute atomic E-state index is 12.3. The third-order valence-corrected chi connectivity index (χ3v) is 5.35. The second-order valence-electron chi connectivity index (χ2n) is 5.08. The minimum atomic E-state index is -3.70. The average Bonchev–Trinajstić information content (AvgIpc) is 3.12. The minimum Gasteiger partial charge on any atom is -0.276 e. The van der Waals surface area contributed by atoms with Crippen molar-refractivity contribution in [3.63, 3.8) is 0 Å². The summed E-state index contributed by atoms with van der Waals surface area (Å²) in [6.07, 6.45) is 5.61. The van der Waals surface area contributed by atoms with Gasteiger partial charge in [0.15, 0.2) is 0 Å². The first kappa shape index (κ1) is 14.7. The molecule has 1 aromatic carbocycles. The van der Waals surface area contributed by atoms with Crippen molar-refractivity contribution in [1.82, 2.24) is 9.78 Å². The molecule has 0 radical (unpaired) electrons. The van der Waals surface area contributed by atoms with Gasteiger partial charge >= 0.3 is 0 Å². The average molecular weight is 346 g/mol. The number of hydrogen-bond acceptors (Lipinski definition) is 3. The first-order valence-electron chi connectivity index (χ1n) is 6.44. The zero-order valence-electron chi connectivity index (χ0n) is 11.0. The van der Waals surface area contributed by atoms with Crippen LogP contribution in [0, 0.1) is 5.92 Å². The van der Waals surface area contributed by atoms with E-state index in [2.05, 4.69) is 9.82 Å². The number of hydrogen-bond donors (Lipinski definition) is 1. The predicted octanol–water partition coefficient (Wildman–Crippen LogP) is 3.40. The summed E-state index contributed by atoms with van der Waals surface area (Å²) in [7, 11) is -3.70. The molecule has 0 bridgehead atoms. The van der Waals surface area contributed by atoms with E-state index in [0.29, 0.717) is 16.6 Å². The molecule has 1 aromatic heterocycles. The Morgan fingerprint density at radius 2 is 2.05 bits per heavy atom. The molecule has 0 spiro atoms. The summed E-state index contributed by atoms with van der Waals surface area (Å²) in [6.45, 7) is 0.828. The highest BCUT2D eigenvalue weighted by atomic mass is 35.5. The fourth-order valence-electron chi connectivity index (χ4n) is 1.94. The third-order valence-electron chi connectivity index (χ3n) is 3.23. The molecule has 3 rings (SSSR count). The lowest BCUT2D eigenvalue weighted by molar-refractivity contribution is 0.563. The summed E-state index contributed by atoms with van der Waals surface area (Å²) in [4.78, 5) is 0.0619.